The minimum Gasteiger partial charge on any atom is -0.493 e. The molecule has 0 spiro atoms. The lowest BCUT2D eigenvalue weighted by atomic mass is 10.0. The van der Waals surface area contributed by atoms with Crippen LogP contribution in [0.3, 0.4) is 0 Å². The van der Waals surface area contributed by atoms with Crippen molar-refractivity contribution in [3.8, 4) is 5.75 Å². The minimum absolute atomic E-state index is 0.379. The highest BCUT2D eigenvalue weighted by Crippen LogP contribution is 2.32. The summed E-state index contributed by atoms with van der Waals surface area (Å²) in [6.07, 6.45) is 2.52. The summed E-state index contributed by atoms with van der Waals surface area (Å²) in [6, 6.07) is 4.16. The van der Waals surface area contributed by atoms with Crippen LogP contribution in [0.1, 0.15) is 18.4 Å². The fraction of sp³-hybridized carbons (Fsp3) is 0.250. The normalized spacial score (nSPS) is 17.4. The number of benzene rings is 1. The van der Waals surface area contributed by atoms with Gasteiger partial charge in [-0.25, -0.2) is 9.18 Å². The molecule has 1 aliphatic heterocycles. The van der Waals surface area contributed by atoms with Gasteiger partial charge in [0, 0.05) is 17.7 Å². The molecule has 3 nitrogen and oxygen atoms in total. The summed E-state index contributed by atoms with van der Waals surface area (Å²) in [4.78, 5) is 10.7. The van der Waals surface area contributed by atoms with E-state index in [1.165, 1.54) is 12.1 Å². The van der Waals surface area contributed by atoms with Gasteiger partial charge >= 0.3 is 5.97 Å². The number of rotatable bonds is 1. The Morgan fingerprint density at radius 1 is 1.50 bits per heavy atom. The third kappa shape index (κ3) is 2.21. The van der Waals surface area contributed by atoms with E-state index in [9.17, 15) is 9.18 Å². The summed E-state index contributed by atoms with van der Waals surface area (Å²) in [5, 5.41) is 8.75. The SMILES string of the molecule is O=C(O)/C=C1\CCCOc2cc(F)ccc21. The monoisotopic (exact) mass is 222 g/mol. The van der Waals surface area contributed by atoms with Crippen LogP contribution >= 0.6 is 0 Å². The molecule has 0 radical (unpaired) electrons. The molecule has 1 N–H and O–H groups in total. The van der Waals surface area contributed by atoms with Crippen LogP contribution in [0.5, 0.6) is 5.75 Å². The lowest BCUT2D eigenvalue weighted by Crippen LogP contribution is -1.95. The molecule has 0 unspecified atom stereocenters. The molecular formula is C12H11FO3. The largest absolute Gasteiger partial charge is 0.493 e. The topological polar surface area (TPSA) is 46.5 Å². The molecule has 1 heterocycles. The zero-order valence-electron chi connectivity index (χ0n) is 8.57. The van der Waals surface area contributed by atoms with Crippen LogP contribution in [0.4, 0.5) is 4.39 Å². The fourth-order valence-electron chi connectivity index (χ4n) is 1.76. The Hall–Kier alpha value is -1.84. The van der Waals surface area contributed by atoms with Crippen LogP contribution in [-0.2, 0) is 4.79 Å². The Labute approximate surface area is 92.2 Å². The molecule has 1 aliphatic rings. The highest BCUT2D eigenvalue weighted by Gasteiger charge is 2.15. The van der Waals surface area contributed by atoms with Gasteiger partial charge in [-0.3, -0.25) is 0 Å². The first-order valence-corrected chi connectivity index (χ1v) is 5.03. The number of carboxylic acids is 1. The van der Waals surface area contributed by atoms with Crippen LogP contribution in [0, 0.1) is 5.82 Å². The maximum Gasteiger partial charge on any atom is 0.328 e. The summed E-state index contributed by atoms with van der Waals surface area (Å²) in [5.74, 6) is -0.951. The average Bonchev–Trinajstić information content (AvgIpc) is 2.40. The van der Waals surface area contributed by atoms with E-state index in [1.54, 1.807) is 6.07 Å². The van der Waals surface area contributed by atoms with Crippen molar-refractivity contribution in [2.75, 3.05) is 6.61 Å². The number of hydrogen-bond donors (Lipinski definition) is 1. The highest BCUT2D eigenvalue weighted by atomic mass is 19.1. The minimum atomic E-state index is -0.993. The number of carboxylic acid groups (broad SMARTS) is 1. The van der Waals surface area contributed by atoms with Crippen LogP contribution in [0.15, 0.2) is 24.3 Å². The molecule has 0 aliphatic carbocycles. The van der Waals surface area contributed by atoms with Gasteiger partial charge in [0.1, 0.15) is 11.6 Å². The number of ether oxygens (including phenoxy) is 1. The number of halogens is 1. The second kappa shape index (κ2) is 4.35. The standard InChI is InChI=1S/C12H11FO3/c13-9-3-4-10-8(6-12(14)15)2-1-5-16-11(10)7-9/h3-4,6-7H,1-2,5H2,(H,14,15)/b8-6+. The number of allylic oxidation sites excluding steroid dienone is 1. The third-order valence-electron chi connectivity index (χ3n) is 2.44. The van der Waals surface area contributed by atoms with Crippen molar-refractivity contribution in [1.82, 2.24) is 0 Å². The van der Waals surface area contributed by atoms with E-state index in [4.69, 9.17) is 9.84 Å². The number of hydrogen-bond acceptors (Lipinski definition) is 2. The molecule has 16 heavy (non-hydrogen) atoms. The molecule has 84 valence electrons. The molecule has 1 aromatic rings. The predicted octanol–water partition coefficient (Wildman–Crippen LogP) is 2.47. The average molecular weight is 222 g/mol. The van der Waals surface area contributed by atoms with Gasteiger partial charge in [0.15, 0.2) is 0 Å². The van der Waals surface area contributed by atoms with Crippen LogP contribution in [0.2, 0.25) is 0 Å². The summed E-state index contributed by atoms with van der Waals surface area (Å²) in [7, 11) is 0. The van der Waals surface area contributed by atoms with E-state index in [2.05, 4.69) is 0 Å². The van der Waals surface area contributed by atoms with E-state index in [-0.39, 0.29) is 5.82 Å². The van der Waals surface area contributed by atoms with Crippen molar-refractivity contribution in [2.45, 2.75) is 12.8 Å². The Morgan fingerprint density at radius 3 is 3.06 bits per heavy atom. The van der Waals surface area contributed by atoms with Crippen molar-refractivity contribution in [2.24, 2.45) is 0 Å². The number of fused-ring (bicyclic) bond motifs is 1. The Balaban J connectivity index is 2.49. The summed E-state index contributed by atoms with van der Waals surface area (Å²) < 4.78 is 18.4. The molecule has 0 atom stereocenters. The maximum absolute atomic E-state index is 13.0. The third-order valence-corrected chi connectivity index (χ3v) is 2.44. The van der Waals surface area contributed by atoms with E-state index in [0.29, 0.717) is 29.9 Å². The Kier molecular flexibility index (Phi) is 2.90. The summed E-state index contributed by atoms with van der Waals surface area (Å²) in [6.45, 7) is 0.480. The van der Waals surface area contributed by atoms with E-state index in [0.717, 1.165) is 12.5 Å². The van der Waals surface area contributed by atoms with Crippen molar-refractivity contribution in [3.63, 3.8) is 0 Å². The van der Waals surface area contributed by atoms with Crippen molar-refractivity contribution in [1.29, 1.82) is 0 Å². The quantitative estimate of drug-likeness (QED) is 0.742. The van der Waals surface area contributed by atoms with Gasteiger partial charge in [0.2, 0.25) is 0 Å². The molecule has 1 aromatic carbocycles. The molecule has 0 saturated carbocycles. The van der Waals surface area contributed by atoms with Gasteiger partial charge in [-0.2, -0.15) is 0 Å². The Bertz CT molecular complexity index is 452. The summed E-state index contributed by atoms with van der Waals surface area (Å²) >= 11 is 0. The van der Waals surface area contributed by atoms with E-state index >= 15 is 0 Å². The number of carbonyl (C=O) groups is 1. The van der Waals surface area contributed by atoms with Gasteiger partial charge < -0.3 is 9.84 Å². The molecule has 2 rings (SSSR count). The van der Waals surface area contributed by atoms with Crippen LogP contribution < -0.4 is 4.74 Å². The number of aliphatic carboxylic acids is 1. The fourth-order valence-corrected chi connectivity index (χ4v) is 1.76. The predicted molar refractivity (Wildman–Crippen MR) is 56.7 cm³/mol. The highest BCUT2D eigenvalue weighted by molar-refractivity contribution is 5.91. The van der Waals surface area contributed by atoms with Gasteiger partial charge in [0.05, 0.1) is 6.61 Å². The second-order valence-electron chi connectivity index (χ2n) is 3.60. The van der Waals surface area contributed by atoms with Gasteiger partial charge in [0.25, 0.3) is 0 Å². The van der Waals surface area contributed by atoms with Crippen molar-refractivity contribution < 1.29 is 19.0 Å². The first-order valence-electron chi connectivity index (χ1n) is 5.03. The molecule has 0 amide bonds. The van der Waals surface area contributed by atoms with Crippen molar-refractivity contribution in [3.05, 3.63) is 35.7 Å². The zero-order chi connectivity index (χ0) is 11.5. The van der Waals surface area contributed by atoms with Crippen molar-refractivity contribution >= 4 is 11.5 Å². The van der Waals surface area contributed by atoms with Crippen LogP contribution in [0.25, 0.3) is 5.57 Å². The van der Waals surface area contributed by atoms with Gasteiger partial charge in [-0.1, -0.05) is 0 Å². The zero-order valence-corrected chi connectivity index (χ0v) is 8.57. The smallest absolute Gasteiger partial charge is 0.328 e. The van der Waals surface area contributed by atoms with Gasteiger partial charge in [-0.15, -0.1) is 0 Å². The molecule has 0 saturated heterocycles. The molecule has 0 fully saturated rings. The lowest BCUT2D eigenvalue weighted by molar-refractivity contribution is -0.131. The second-order valence-corrected chi connectivity index (χ2v) is 3.60. The van der Waals surface area contributed by atoms with E-state index in [1.807, 2.05) is 0 Å². The Morgan fingerprint density at radius 2 is 2.31 bits per heavy atom. The molecular weight excluding hydrogens is 211 g/mol. The molecule has 0 aromatic heterocycles. The maximum atomic E-state index is 13.0. The van der Waals surface area contributed by atoms with Crippen LogP contribution in [-0.4, -0.2) is 17.7 Å². The molecule has 4 heteroatoms. The molecule has 0 bridgehead atoms. The van der Waals surface area contributed by atoms with Gasteiger partial charge in [-0.05, 0) is 30.5 Å². The first-order chi connectivity index (χ1) is 7.66. The van der Waals surface area contributed by atoms with E-state index < -0.39 is 5.97 Å². The first kappa shape index (κ1) is 10.7. The summed E-state index contributed by atoms with van der Waals surface area (Å²) in [5.41, 5.74) is 1.35. The lowest BCUT2D eigenvalue weighted by Gasteiger charge is -2.07.